The molecule has 0 fully saturated rings. The Morgan fingerprint density at radius 1 is 1.17 bits per heavy atom. The normalized spacial score (nSPS) is 11.2. The van der Waals surface area contributed by atoms with E-state index in [9.17, 15) is 8.42 Å². The van der Waals surface area contributed by atoms with Gasteiger partial charge in [0.15, 0.2) is 0 Å². The van der Waals surface area contributed by atoms with Crippen LogP contribution in [0.15, 0.2) is 53.4 Å². The molecule has 1 N–H and O–H groups in total. The third kappa shape index (κ3) is 4.57. The molecular formula is C18H20N2O3S. The third-order valence-corrected chi connectivity index (χ3v) is 4.92. The number of benzene rings is 2. The number of hydrogen-bond acceptors (Lipinski definition) is 4. The molecule has 0 atom stereocenters. The highest BCUT2D eigenvalue weighted by Crippen LogP contribution is 2.25. The standard InChI is InChI=1S/C18H20N2O3S/c1-14(2)17-8-3-4-9-18(17)23-11-10-20-24(21,22)16-7-5-6-15(12-16)13-19/h3-9,12,14,20H,10-11H2,1-2H3. The Bertz CT molecular complexity index is 839. The Labute approximate surface area is 142 Å². The molecule has 0 aromatic heterocycles. The highest BCUT2D eigenvalue weighted by Gasteiger charge is 2.14. The monoisotopic (exact) mass is 344 g/mol. The summed E-state index contributed by atoms with van der Waals surface area (Å²) in [5.74, 6) is 1.09. The second kappa shape index (κ2) is 7.95. The van der Waals surface area contributed by atoms with Crippen molar-refractivity contribution in [1.29, 1.82) is 5.26 Å². The van der Waals surface area contributed by atoms with Crippen LogP contribution in [0.3, 0.4) is 0 Å². The van der Waals surface area contributed by atoms with Gasteiger partial charge in [-0.05, 0) is 35.7 Å². The highest BCUT2D eigenvalue weighted by molar-refractivity contribution is 7.89. The maximum Gasteiger partial charge on any atom is 0.240 e. The van der Waals surface area contributed by atoms with Crippen molar-refractivity contribution in [1.82, 2.24) is 4.72 Å². The number of para-hydroxylation sites is 1. The van der Waals surface area contributed by atoms with Crippen LogP contribution in [0.4, 0.5) is 0 Å². The first-order chi connectivity index (χ1) is 11.4. The molecule has 0 aliphatic carbocycles. The molecule has 24 heavy (non-hydrogen) atoms. The van der Waals surface area contributed by atoms with Gasteiger partial charge in [-0.3, -0.25) is 0 Å². The van der Waals surface area contributed by atoms with Crippen LogP contribution in [-0.4, -0.2) is 21.6 Å². The zero-order valence-electron chi connectivity index (χ0n) is 13.7. The molecule has 5 nitrogen and oxygen atoms in total. The summed E-state index contributed by atoms with van der Waals surface area (Å²) in [6.07, 6.45) is 0. The van der Waals surface area contributed by atoms with E-state index >= 15 is 0 Å². The van der Waals surface area contributed by atoms with Crippen LogP contribution in [0, 0.1) is 11.3 Å². The van der Waals surface area contributed by atoms with Crippen molar-refractivity contribution >= 4 is 10.0 Å². The zero-order chi connectivity index (χ0) is 17.6. The first-order valence-electron chi connectivity index (χ1n) is 7.65. The van der Waals surface area contributed by atoms with E-state index in [0.717, 1.165) is 11.3 Å². The molecule has 0 saturated carbocycles. The van der Waals surface area contributed by atoms with E-state index in [1.807, 2.05) is 30.3 Å². The molecule has 126 valence electrons. The summed E-state index contributed by atoms with van der Waals surface area (Å²) < 4.78 is 32.6. The Morgan fingerprint density at radius 3 is 2.62 bits per heavy atom. The minimum atomic E-state index is -3.65. The lowest BCUT2D eigenvalue weighted by molar-refractivity contribution is 0.318. The maximum absolute atomic E-state index is 12.2. The number of rotatable bonds is 7. The molecule has 0 aliphatic rings. The molecule has 2 aromatic rings. The Balaban J connectivity index is 1.96. The van der Waals surface area contributed by atoms with Crippen LogP contribution >= 0.6 is 0 Å². The summed E-state index contributed by atoms with van der Waals surface area (Å²) in [6.45, 7) is 4.52. The van der Waals surface area contributed by atoms with Gasteiger partial charge in [0.2, 0.25) is 10.0 Å². The van der Waals surface area contributed by atoms with E-state index in [1.54, 1.807) is 12.1 Å². The molecule has 0 bridgehead atoms. The van der Waals surface area contributed by atoms with Crippen molar-refractivity contribution in [3.63, 3.8) is 0 Å². The molecule has 0 amide bonds. The average Bonchev–Trinajstić information content (AvgIpc) is 2.59. The summed E-state index contributed by atoms with van der Waals surface area (Å²) in [5.41, 5.74) is 1.39. The predicted molar refractivity (Wildman–Crippen MR) is 92.4 cm³/mol. The molecule has 0 spiro atoms. The SMILES string of the molecule is CC(C)c1ccccc1OCCNS(=O)(=O)c1cccc(C#N)c1. The highest BCUT2D eigenvalue weighted by atomic mass is 32.2. The number of ether oxygens (including phenoxy) is 1. The maximum atomic E-state index is 12.2. The number of sulfonamides is 1. The lowest BCUT2D eigenvalue weighted by Crippen LogP contribution is -2.28. The van der Waals surface area contributed by atoms with Crippen LogP contribution in [-0.2, 0) is 10.0 Å². The Hall–Kier alpha value is -2.36. The summed E-state index contributed by atoms with van der Waals surface area (Å²) in [7, 11) is -3.65. The first-order valence-corrected chi connectivity index (χ1v) is 9.14. The quantitative estimate of drug-likeness (QED) is 0.783. The van der Waals surface area contributed by atoms with Crippen LogP contribution in [0.25, 0.3) is 0 Å². The van der Waals surface area contributed by atoms with E-state index in [0.29, 0.717) is 11.5 Å². The molecule has 0 saturated heterocycles. The first kappa shape index (κ1) is 18.0. The van der Waals surface area contributed by atoms with Gasteiger partial charge < -0.3 is 4.74 Å². The van der Waals surface area contributed by atoms with E-state index in [1.165, 1.54) is 12.1 Å². The van der Waals surface area contributed by atoms with Gasteiger partial charge in [-0.1, -0.05) is 38.1 Å². The van der Waals surface area contributed by atoms with Crippen molar-refractivity contribution in [3.8, 4) is 11.8 Å². The lowest BCUT2D eigenvalue weighted by Gasteiger charge is -2.14. The molecule has 2 rings (SSSR count). The van der Waals surface area contributed by atoms with Crippen LogP contribution in [0.1, 0.15) is 30.9 Å². The number of nitrogens with one attached hydrogen (secondary N) is 1. The van der Waals surface area contributed by atoms with Crippen molar-refractivity contribution in [2.24, 2.45) is 0 Å². The van der Waals surface area contributed by atoms with Gasteiger partial charge in [0.25, 0.3) is 0 Å². The van der Waals surface area contributed by atoms with Gasteiger partial charge in [0.05, 0.1) is 16.5 Å². The van der Waals surface area contributed by atoms with Crippen LogP contribution < -0.4 is 9.46 Å². The minimum Gasteiger partial charge on any atom is -0.492 e. The number of nitriles is 1. The van der Waals surface area contributed by atoms with E-state index in [2.05, 4.69) is 18.6 Å². The lowest BCUT2D eigenvalue weighted by atomic mass is 10.0. The van der Waals surface area contributed by atoms with Crippen molar-refractivity contribution in [2.45, 2.75) is 24.7 Å². The molecule has 0 unspecified atom stereocenters. The molecule has 0 radical (unpaired) electrons. The molecule has 6 heteroatoms. The van der Waals surface area contributed by atoms with Gasteiger partial charge in [-0.25, -0.2) is 13.1 Å². The molecule has 2 aromatic carbocycles. The zero-order valence-corrected chi connectivity index (χ0v) is 14.5. The van der Waals surface area contributed by atoms with Gasteiger partial charge in [-0.15, -0.1) is 0 Å². The summed E-state index contributed by atoms with van der Waals surface area (Å²) in [4.78, 5) is 0.0733. The van der Waals surface area contributed by atoms with Gasteiger partial charge in [-0.2, -0.15) is 5.26 Å². The van der Waals surface area contributed by atoms with E-state index < -0.39 is 10.0 Å². The van der Waals surface area contributed by atoms with Crippen LogP contribution in [0.5, 0.6) is 5.75 Å². The Kier molecular flexibility index (Phi) is 5.96. The van der Waals surface area contributed by atoms with Crippen molar-refractivity contribution in [2.75, 3.05) is 13.2 Å². The fraction of sp³-hybridized carbons (Fsp3) is 0.278. The fourth-order valence-electron chi connectivity index (χ4n) is 2.24. The van der Waals surface area contributed by atoms with Gasteiger partial charge >= 0.3 is 0 Å². The van der Waals surface area contributed by atoms with E-state index in [4.69, 9.17) is 10.00 Å². The Morgan fingerprint density at radius 2 is 1.92 bits per heavy atom. The summed E-state index contributed by atoms with van der Waals surface area (Å²) in [6, 6.07) is 15.5. The largest absolute Gasteiger partial charge is 0.492 e. The smallest absolute Gasteiger partial charge is 0.240 e. The van der Waals surface area contributed by atoms with Gasteiger partial charge in [0.1, 0.15) is 12.4 Å². The number of hydrogen-bond donors (Lipinski definition) is 1. The predicted octanol–water partition coefficient (Wildman–Crippen LogP) is 3.04. The summed E-state index contributed by atoms with van der Waals surface area (Å²) in [5, 5.41) is 8.85. The van der Waals surface area contributed by atoms with Crippen LogP contribution in [0.2, 0.25) is 0 Å². The third-order valence-electron chi connectivity index (χ3n) is 3.47. The van der Waals surface area contributed by atoms with Gasteiger partial charge in [0, 0.05) is 6.54 Å². The topological polar surface area (TPSA) is 79.2 Å². The van der Waals surface area contributed by atoms with Crippen molar-refractivity contribution in [3.05, 3.63) is 59.7 Å². The second-order valence-electron chi connectivity index (χ2n) is 5.58. The van der Waals surface area contributed by atoms with Crippen molar-refractivity contribution < 1.29 is 13.2 Å². The van der Waals surface area contributed by atoms with E-state index in [-0.39, 0.29) is 18.0 Å². The second-order valence-corrected chi connectivity index (χ2v) is 7.35. The molecular weight excluding hydrogens is 324 g/mol. The average molecular weight is 344 g/mol. The molecule has 0 heterocycles. The fourth-order valence-corrected chi connectivity index (χ4v) is 3.30. The minimum absolute atomic E-state index is 0.0733. The summed E-state index contributed by atoms with van der Waals surface area (Å²) >= 11 is 0. The molecule has 0 aliphatic heterocycles. The number of nitrogens with zero attached hydrogens (tertiary/aromatic N) is 1.